The van der Waals surface area contributed by atoms with E-state index in [4.69, 9.17) is 5.11 Å². The van der Waals surface area contributed by atoms with Crippen molar-refractivity contribution in [3.05, 3.63) is 22.1 Å². The summed E-state index contributed by atoms with van der Waals surface area (Å²) in [6.07, 6.45) is 1.30. The molecule has 0 aliphatic heterocycles. The Hall–Kier alpha value is -1.14. The van der Waals surface area contributed by atoms with E-state index in [-0.39, 0.29) is 30.5 Å². The van der Waals surface area contributed by atoms with E-state index < -0.39 is 4.92 Å². The molecule has 12 heavy (non-hydrogen) atoms. The summed E-state index contributed by atoms with van der Waals surface area (Å²) < 4.78 is 1.41. The quantitative estimate of drug-likeness (QED) is 0.539. The van der Waals surface area contributed by atoms with Gasteiger partial charge in [-0.3, -0.25) is 0 Å². The van der Waals surface area contributed by atoms with E-state index in [9.17, 15) is 10.1 Å². The van der Waals surface area contributed by atoms with Crippen molar-refractivity contribution in [1.29, 1.82) is 0 Å². The molecular formula is C5H8ClN3O3. The molecule has 1 heterocycles. The maximum absolute atomic E-state index is 10.2. The number of aromatic nitrogens is 2. The molecule has 0 aliphatic rings. The molecule has 0 aromatic carbocycles. The van der Waals surface area contributed by atoms with E-state index in [0.717, 1.165) is 0 Å². The monoisotopic (exact) mass is 193 g/mol. The van der Waals surface area contributed by atoms with Gasteiger partial charge < -0.3 is 19.8 Å². The first-order chi connectivity index (χ1) is 5.16. The minimum atomic E-state index is -0.619. The van der Waals surface area contributed by atoms with Crippen LogP contribution in [0.5, 0.6) is 0 Å². The molecule has 0 spiro atoms. The van der Waals surface area contributed by atoms with E-state index in [1.807, 2.05) is 0 Å². The van der Waals surface area contributed by atoms with Crippen molar-refractivity contribution in [2.75, 3.05) is 0 Å². The predicted octanol–water partition coefficient (Wildman–Crippen LogP) is 0.242. The highest BCUT2D eigenvalue weighted by molar-refractivity contribution is 5.85. The number of aliphatic hydroxyl groups is 1. The van der Waals surface area contributed by atoms with Gasteiger partial charge >= 0.3 is 5.82 Å². The Bertz CT molecular complexity index is 285. The van der Waals surface area contributed by atoms with Crippen LogP contribution in [0.1, 0.15) is 5.69 Å². The SMILES string of the molecule is Cl.Cn1cnc([N+](=O)[O-])c1CO. The fraction of sp³-hybridized carbons (Fsp3) is 0.400. The molecule has 0 amide bonds. The van der Waals surface area contributed by atoms with Crippen molar-refractivity contribution < 1.29 is 10.0 Å². The molecule has 1 aromatic rings. The molecule has 0 atom stereocenters. The zero-order valence-electron chi connectivity index (χ0n) is 6.30. The molecule has 7 heteroatoms. The largest absolute Gasteiger partial charge is 0.390 e. The Morgan fingerprint density at radius 2 is 2.42 bits per heavy atom. The number of nitro groups is 1. The second-order valence-electron chi connectivity index (χ2n) is 2.04. The minimum Gasteiger partial charge on any atom is -0.390 e. The van der Waals surface area contributed by atoms with Crippen LogP contribution in [0, 0.1) is 10.1 Å². The maximum atomic E-state index is 10.2. The van der Waals surface area contributed by atoms with Gasteiger partial charge in [-0.05, 0) is 9.91 Å². The smallest absolute Gasteiger partial charge is 0.387 e. The van der Waals surface area contributed by atoms with Gasteiger partial charge in [-0.15, -0.1) is 12.4 Å². The summed E-state index contributed by atoms with van der Waals surface area (Å²) in [7, 11) is 1.59. The standard InChI is InChI=1S/C5H7N3O3.ClH/c1-7-3-6-5(8(10)11)4(7)2-9;/h3,9H,2H2,1H3;1H. The van der Waals surface area contributed by atoms with Crippen molar-refractivity contribution in [2.45, 2.75) is 6.61 Å². The first-order valence-corrected chi connectivity index (χ1v) is 2.92. The topological polar surface area (TPSA) is 81.2 Å². The summed E-state index contributed by atoms with van der Waals surface area (Å²) in [6, 6.07) is 0. The Kier molecular flexibility index (Phi) is 3.65. The van der Waals surface area contributed by atoms with E-state index >= 15 is 0 Å². The number of aryl methyl sites for hydroxylation is 1. The van der Waals surface area contributed by atoms with E-state index in [1.54, 1.807) is 7.05 Å². The van der Waals surface area contributed by atoms with Gasteiger partial charge in [0.15, 0.2) is 0 Å². The van der Waals surface area contributed by atoms with Crippen LogP contribution in [0.15, 0.2) is 6.33 Å². The predicted molar refractivity (Wildman–Crippen MR) is 43.0 cm³/mol. The van der Waals surface area contributed by atoms with Gasteiger partial charge in [-0.25, -0.2) is 0 Å². The first kappa shape index (κ1) is 10.9. The summed E-state index contributed by atoms with van der Waals surface area (Å²) in [5.41, 5.74) is 0.218. The zero-order chi connectivity index (χ0) is 8.43. The number of hydrogen-bond donors (Lipinski definition) is 1. The highest BCUT2D eigenvalue weighted by Crippen LogP contribution is 2.13. The third-order valence-corrected chi connectivity index (χ3v) is 1.36. The number of hydrogen-bond acceptors (Lipinski definition) is 4. The summed E-state index contributed by atoms with van der Waals surface area (Å²) >= 11 is 0. The van der Waals surface area contributed by atoms with Gasteiger partial charge in [0.1, 0.15) is 5.69 Å². The molecule has 1 aromatic heterocycles. The fourth-order valence-electron chi connectivity index (χ4n) is 0.778. The second kappa shape index (κ2) is 4.03. The number of nitrogens with zero attached hydrogens (tertiary/aromatic N) is 3. The number of imidazole rings is 1. The Morgan fingerprint density at radius 3 is 2.75 bits per heavy atom. The molecule has 0 fully saturated rings. The van der Waals surface area contributed by atoms with Crippen LogP contribution in [0.4, 0.5) is 5.82 Å². The van der Waals surface area contributed by atoms with Crippen LogP contribution < -0.4 is 0 Å². The van der Waals surface area contributed by atoms with Crippen LogP contribution in [-0.4, -0.2) is 19.6 Å². The lowest BCUT2D eigenvalue weighted by Gasteiger charge is -1.94. The number of halogens is 1. The van der Waals surface area contributed by atoms with Crippen LogP contribution in [-0.2, 0) is 13.7 Å². The van der Waals surface area contributed by atoms with Crippen LogP contribution >= 0.6 is 12.4 Å². The van der Waals surface area contributed by atoms with Crippen LogP contribution in [0.2, 0.25) is 0 Å². The van der Waals surface area contributed by atoms with Crippen LogP contribution in [0.3, 0.4) is 0 Å². The zero-order valence-corrected chi connectivity index (χ0v) is 7.11. The third kappa shape index (κ3) is 1.72. The Morgan fingerprint density at radius 1 is 1.83 bits per heavy atom. The normalized spacial score (nSPS) is 9.17. The van der Waals surface area contributed by atoms with Gasteiger partial charge in [-0.1, -0.05) is 0 Å². The highest BCUT2D eigenvalue weighted by Gasteiger charge is 2.17. The van der Waals surface area contributed by atoms with Gasteiger partial charge in [0, 0.05) is 7.05 Å². The van der Waals surface area contributed by atoms with E-state index in [0.29, 0.717) is 0 Å². The summed E-state index contributed by atoms with van der Waals surface area (Å²) in [6.45, 7) is -0.368. The van der Waals surface area contributed by atoms with E-state index in [2.05, 4.69) is 4.98 Å². The lowest BCUT2D eigenvalue weighted by Crippen LogP contribution is -1.98. The molecule has 0 saturated heterocycles. The molecule has 0 bridgehead atoms. The molecule has 1 rings (SSSR count). The Balaban J connectivity index is 0.00000121. The van der Waals surface area contributed by atoms with Gasteiger partial charge in [0.25, 0.3) is 0 Å². The minimum absolute atomic E-state index is 0. The van der Waals surface area contributed by atoms with E-state index in [1.165, 1.54) is 10.9 Å². The molecule has 0 aliphatic carbocycles. The number of aliphatic hydroxyl groups excluding tert-OH is 1. The average Bonchev–Trinajstić information content (AvgIpc) is 2.30. The Labute approximate surface area is 74.4 Å². The molecule has 6 nitrogen and oxygen atoms in total. The second-order valence-corrected chi connectivity index (χ2v) is 2.04. The molecule has 0 radical (unpaired) electrons. The lowest BCUT2D eigenvalue weighted by molar-refractivity contribution is -0.390. The van der Waals surface area contributed by atoms with Crippen molar-refractivity contribution in [3.63, 3.8) is 0 Å². The van der Waals surface area contributed by atoms with Gasteiger partial charge in [-0.2, -0.15) is 0 Å². The lowest BCUT2D eigenvalue weighted by atomic mass is 10.4. The first-order valence-electron chi connectivity index (χ1n) is 2.92. The third-order valence-electron chi connectivity index (χ3n) is 1.36. The summed E-state index contributed by atoms with van der Waals surface area (Å²) in [5, 5.41) is 18.9. The highest BCUT2D eigenvalue weighted by atomic mass is 35.5. The molecular weight excluding hydrogens is 186 g/mol. The molecule has 68 valence electrons. The van der Waals surface area contributed by atoms with Crippen molar-refractivity contribution >= 4 is 18.2 Å². The van der Waals surface area contributed by atoms with Gasteiger partial charge in [0.05, 0.1) is 6.61 Å². The van der Waals surface area contributed by atoms with Crippen molar-refractivity contribution in [1.82, 2.24) is 9.55 Å². The average molecular weight is 194 g/mol. The fourth-order valence-corrected chi connectivity index (χ4v) is 0.778. The van der Waals surface area contributed by atoms with Crippen molar-refractivity contribution in [3.8, 4) is 0 Å². The molecule has 0 saturated carbocycles. The molecule has 0 unspecified atom stereocenters. The maximum Gasteiger partial charge on any atom is 0.387 e. The summed E-state index contributed by atoms with van der Waals surface area (Å²) in [4.78, 5) is 13.1. The number of rotatable bonds is 2. The van der Waals surface area contributed by atoms with Gasteiger partial charge in [0.2, 0.25) is 6.33 Å². The summed E-state index contributed by atoms with van der Waals surface area (Å²) in [5.74, 6) is -0.282. The van der Waals surface area contributed by atoms with Crippen molar-refractivity contribution in [2.24, 2.45) is 7.05 Å². The van der Waals surface area contributed by atoms with Crippen LogP contribution in [0.25, 0.3) is 0 Å². The molecule has 1 N–H and O–H groups in total.